The number of aryl methyl sites for hydroxylation is 5. The predicted octanol–water partition coefficient (Wildman–Crippen LogP) is 9.73. The quantitative estimate of drug-likeness (QED) is 0.0544. The van der Waals surface area contributed by atoms with Gasteiger partial charge in [-0.05, 0) is 139 Å². The number of rotatable bonds is 21. The zero-order chi connectivity index (χ0) is 54.9. The number of nitrogens with one attached hydrogen (secondary N) is 1. The van der Waals surface area contributed by atoms with E-state index < -0.39 is 62.5 Å². The van der Waals surface area contributed by atoms with Gasteiger partial charge in [-0.25, -0.2) is 25.3 Å². The molecule has 398 valence electrons. The molecule has 7 rings (SSSR count). The van der Waals surface area contributed by atoms with Crippen molar-refractivity contribution in [1.82, 2.24) is 4.13 Å². The molecule has 1 aliphatic heterocycles. The van der Waals surface area contributed by atoms with Crippen LogP contribution in [0.1, 0.15) is 66.8 Å². The van der Waals surface area contributed by atoms with Gasteiger partial charge in [-0.3, -0.25) is 0 Å². The van der Waals surface area contributed by atoms with E-state index in [9.17, 15) is 25.3 Å². The SMILES string of the molecule is C=Cc1ccc(CS(=O)(=O)C(F)(F)C(F)(F)C(F)(F)S(=O)(=O)NS(=O)(=O)c2ccccc2C2=c3cc/c(=C\c4c(C)cc(OCCOCCOC)cc4C)cc3Oc3cc(Cc4c(C)cc(C)cc4C)ccc32)cc1. The van der Waals surface area contributed by atoms with Crippen molar-refractivity contribution < 1.29 is 70.5 Å². The van der Waals surface area contributed by atoms with Crippen LogP contribution in [0.3, 0.4) is 0 Å². The van der Waals surface area contributed by atoms with Crippen molar-refractivity contribution >= 4 is 47.6 Å². The van der Waals surface area contributed by atoms with Crippen molar-refractivity contribution in [3.63, 3.8) is 0 Å². The third-order valence-corrected chi connectivity index (χ3v) is 17.9. The van der Waals surface area contributed by atoms with Gasteiger partial charge in [0.05, 0.1) is 30.5 Å². The lowest BCUT2D eigenvalue weighted by Crippen LogP contribution is -2.63. The standard InChI is InChI=1S/C55H53F6NO10S3/c1-8-39-13-15-40(16-14-39)33-73(63,64)54(58,59)53(56,57)55(60,61)75(67,68)62-74(65,66)51-12-10-9-11-46(51)52-44-19-17-41(29-47-35(3)25-34(2)26-36(47)4)31-49(44)72-50-32-42(18-20-45(50)52)30-48-37(5)27-43(28-38(48)6)71-24-23-70-22-21-69-7/h8-20,25-28,30-32,62H,1,21-24,29,33H2,2-7H3/b42-30+. The fraction of sp³-hybridized carbons (Fsp3) is 0.273. The minimum absolute atomic E-state index is 0.0707. The molecule has 20 heteroatoms. The lowest BCUT2D eigenvalue weighted by Gasteiger charge is -2.31. The first-order valence-corrected chi connectivity index (χ1v) is 27.8. The number of ether oxygens (including phenoxy) is 4. The molecule has 1 aliphatic rings. The summed E-state index contributed by atoms with van der Waals surface area (Å²) in [4.78, 5) is -1.05. The molecule has 6 aromatic rings. The summed E-state index contributed by atoms with van der Waals surface area (Å²) < 4.78 is 197. The van der Waals surface area contributed by atoms with Gasteiger partial charge in [0, 0.05) is 29.0 Å². The van der Waals surface area contributed by atoms with Crippen molar-refractivity contribution in [2.24, 2.45) is 0 Å². The van der Waals surface area contributed by atoms with Crippen molar-refractivity contribution in [2.45, 2.75) is 68.1 Å². The lowest BCUT2D eigenvalue weighted by molar-refractivity contribution is -0.243. The van der Waals surface area contributed by atoms with Crippen LogP contribution in [-0.4, -0.2) is 75.2 Å². The highest BCUT2D eigenvalue weighted by atomic mass is 32.3. The molecular formula is C55H53F6NO10S3. The maximum atomic E-state index is 15.7. The number of halogens is 6. The first-order chi connectivity index (χ1) is 35.1. The van der Waals surface area contributed by atoms with E-state index in [0.29, 0.717) is 53.5 Å². The first kappa shape index (κ1) is 56.4. The van der Waals surface area contributed by atoms with Gasteiger partial charge in [0.1, 0.15) is 23.9 Å². The molecular weight excluding hydrogens is 1040 g/mol. The first-order valence-electron chi connectivity index (χ1n) is 23.1. The Morgan fingerprint density at radius 2 is 1.28 bits per heavy atom. The molecule has 0 aliphatic carbocycles. The Balaban J connectivity index is 1.30. The molecule has 0 amide bonds. The van der Waals surface area contributed by atoms with E-state index in [1.807, 2.05) is 65.0 Å². The molecule has 1 heterocycles. The molecule has 0 fully saturated rings. The largest absolute Gasteiger partial charge is 0.491 e. The Bertz CT molecular complexity index is 3620. The van der Waals surface area contributed by atoms with E-state index in [1.165, 1.54) is 30.3 Å². The van der Waals surface area contributed by atoms with E-state index in [-0.39, 0.29) is 33.4 Å². The molecule has 6 aromatic carbocycles. The predicted molar refractivity (Wildman–Crippen MR) is 275 cm³/mol. The van der Waals surface area contributed by atoms with E-state index >= 15 is 26.3 Å². The number of alkyl halides is 6. The van der Waals surface area contributed by atoms with Crippen LogP contribution in [0.25, 0.3) is 17.7 Å². The Labute approximate surface area is 432 Å². The zero-order valence-corrected chi connectivity index (χ0v) is 44.0. The van der Waals surface area contributed by atoms with Crippen LogP contribution in [0.5, 0.6) is 17.2 Å². The van der Waals surface area contributed by atoms with Gasteiger partial charge in [0.25, 0.3) is 20.0 Å². The van der Waals surface area contributed by atoms with Gasteiger partial charge in [0.2, 0.25) is 9.84 Å². The summed E-state index contributed by atoms with van der Waals surface area (Å²) in [5.41, 5.74) is 7.32. The van der Waals surface area contributed by atoms with Crippen molar-refractivity contribution in [2.75, 3.05) is 33.5 Å². The van der Waals surface area contributed by atoms with E-state index in [0.717, 1.165) is 68.8 Å². The van der Waals surface area contributed by atoms with Gasteiger partial charge < -0.3 is 18.9 Å². The number of sulfone groups is 1. The summed E-state index contributed by atoms with van der Waals surface area (Å²) in [5, 5.41) is -13.0. The average molecular weight is 1100 g/mol. The van der Waals surface area contributed by atoms with Gasteiger partial charge in [-0.1, -0.05) is 95.1 Å². The van der Waals surface area contributed by atoms with Crippen molar-refractivity contribution in [1.29, 1.82) is 0 Å². The van der Waals surface area contributed by atoms with Crippen LogP contribution in [0.15, 0.2) is 121 Å². The second kappa shape index (κ2) is 21.7. The molecule has 0 saturated heterocycles. The summed E-state index contributed by atoms with van der Waals surface area (Å²) in [7, 11) is -18.5. The van der Waals surface area contributed by atoms with Crippen LogP contribution in [0, 0.1) is 34.6 Å². The molecule has 0 unspecified atom stereocenters. The van der Waals surface area contributed by atoms with E-state index in [4.69, 9.17) is 18.9 Å². The highest BCUT2D eigenvalue weighted by Crippen LogP contribution is 2.52. The van der Waals surface area contributed by atoms with Crippen LogP contribution >= 0.6 is 0 Å². The number of methoxy groups -OCH3 is 1. The second-order valence-corrected chi connectivity index (χ2v) is 23.7. The smallest absolute Gasteiger partial charge is 0.429 e. The Morgan fingerprint density at radius 1 is 0.653 bits per heavy atom. The maximum absolute atomic E-state index is 15.7. The highest BCUT2D eigenvalue weighted by Gasteiger charge is 2.82. The molecule has 0 atom stereocenters. The monoisotopic (exact) mass is 1100 g/mol. The minimum Gasteiger partial charge on any atom is -0.491 e. The molecule has 75 heavy (non-hydrogen) atoms. The van der Waals surface area contributed by atoms with Gasteiger partial charge in [-0.2, -0.15) is 26.3 Å². The molecule has 0 saturated carbocycles. The van der Waals surface area contributed by atoms with Gasteiger partial charge in [-0.15, -0.1) is 0 Å². The summed E-state index contributed by atoms with van der Waals surface area (Å²) >= 11 is 0. The minimum atomic E-state index is -7.45. The number of fused-ring (bicyclic) bond motifs is 2. The fourth-order valence-electron chi connectivity index (χ4n) is 8.75. The Morgan fingerprint density at radius 3 is 1.92 bits per heavy atom. The topological polar surface area (TPSA) is 151 Å². The van der Waals surface area contributed by atoms with Crippen LogP contribution < -0.4 is 24.0 Å². The fourth-order valence-corrected chi connectivity index (χ4v) is 13.3. The molecule has 0 bridgehead atoms. The number of sulfonamides is 2. The second-order valence-electron chi connectivity index (χ2n) is 18.1. The Hall–Kier alpha value is -6.29. The van der Waals surface area contributed by atoms with Crippen molar-refractivity contribution in [3.05, 3.63) is 193 Å². The number of hydrogen-bond acceptors (Lipinski definition) is 10. The van der Waals surface area contributed by atoms with Gasteiger partial charge in [0.15, 0.2) is 0 Å². The summed E-state index contributed by atoms with van der Waals surface area (Å²) in [6.45, 7) is 14.7. The van der Waals surface area contributed by atoms with Crippen LogP contribution in [0.4, 0.5) is 26.3 Å². The number of hydrogen-bond donors (Lipinski definition) is 1. The Kier molecular flexibility index (Phi) is 16.4. The summed E-state index contributed by atoms with van der Waals surface area (Å²) in [5.74, 6) is -8.16. The maximum Gasteiger partial charge on any atom is 0.429 e. The molecule has 0 radical (unpaired) electrons. The third kappa shape index (κ3) is 11.5. The third-order valence-electron chi connectivity index (χ3n) is 12.5. The number of benzene rings is 6. The normalized spacial score (nSPS) is 13.5. The van der Waals surface area contributed by atoms with E-state index in [2.05, 4.69) is 6.58 Å². The van der Waals surface area contributed by atoms with Gasteiger partial charge >= 0.3 is 16.4 Å². The van der Waals surface area contributed by atoms with Crippen LogP contribution in [-0.2, 0) is 51.5 Å². The van der Waals surface area contributed by atoms with Crippen LogP contribution in [0.2, 0.25) is 0 Å². The molecule has 1 N–H and O–H groups in total. The van der Waals surface area contributed by atoms with E-state index in [1.54, 1.807) is 43.5 Å². The summed E-state index contributed by atoms with van der Waals surface area (Å²) in [6.07, 6.45) is 3.62. The summed E-state index contributed by atoms with van der Waals surface area (Å²) in [6, 6.07) is 26.6. The zero-order valence-electron chi connectivity index (χ0n) is 41.6. The van der Waals surface area contributed by atoms with Crippen molar-refractivity contribution in [3.8, 4) is 17.2 Å². The molecule has 11 nitrogen and oxygen atoms in total. The lowest BCUT2D eigenvalue weighted by atomic mass is 9.89. The molecule has 0 spiro atoms. The average Bonchev–Trinajstić information content (AvgIpc) is 3.33. The highest BCUT2D eigenvalue weighted by molar-refractivity contribution is 8.05. The molecule has 0 aromatic heterocycles.